The summed E-state index contributed by atoms with van der Waals surface area (Å²) in [5, 5.41) is 8.43. The third kappa shape index (κ3) is 3.53. The van der Waals surface area contributed by atoms with Crippen LogP contribution in [0.25, 0.3) is 6.08 Å². The molecule has 0 aliphatic rings. The first kappa shape index (κ1) is 11.4. The van der Waals surface area contributed by atoms with Gasteiger partial charge in [-0.2, -0.15) is 0 Å². The zero-order chi connectivity index (χ0) is 11.3. The van der Waals surface area contributed by atoms with Crippen molar-refractivity contribution >= 4 is 12.0 Å². The fraction of sp³-hybridized carbons (Fsp3) is 0.182. The van der Waals surface area contributed by atoms with Gasteiger partial charge in [-0.05, 0) is 17.2 Å². The molecule has 0 heterocycles. The average Bonchev–Trinajstić information content (AvgIpc) is 2.26. The summed E-state index contributed by atoms with van der Waals surface area (Å²) in [6.45, 7) is 0.393. The van der Waals surface area contributed by atoms with Crippen LogP contribution >= 0.6 is 0 Å². The first-order valence-corrected chi connectivity index (χ1v) is 4.60. The minimum Gasteiger partial charge on any atom is -0.478 e. The van der Waals surface area contributed by atoms with Crippen molar-refractivity contribution in [3.63, 3.8) is 0 Å². The highest BCUT2D eigenvalue weighted by Gasteiger charge is 2.01. The Morgan fingerprint density at radius 3 is 2.47 bits per heavy atom. The summed E-state index contributed by atoms with van der Waals surface area (Å²) in [5.74, 6) is -0.960. The van der Waals surface area contributed by atoms with Crippen LogP contribution in [0.15, 0.2) is 30.3 Å². The molecule has 0 bridgehead atoms. The van der Waals surface area contributed by atoms with E-state index in [1.807, 2.05) is 24.3 Å². The van der Waals surface area contributed by atoms with E-state index in [2.05, 4.69) is 0 Å². The number of benzene rings is 1. The van der Waals surface area contributed by atoms with Crippen molar-refractivity contribution in [3.05, 3.63) is 41.5 Å². The summed E-state index contributed by atoms with van der Waals surface area (Å²) in [5.41, 5.74) is 12.9. The standard InChI is InChI=1S/C11H14N2O2/c12-7-10(13)9-4-1-8(2-5-9)3-6-11(14)15/h1-6,10H,7,12-13H2,(H,14,15)/b6-3+/t10-/m1/s1. The van der Waals surface area contributed by atoms with Gasteiger partial charge in [-0.15, -0.1) is 0 Å². The molecule has 0 saturated heterocycles. The maximum atomic E-state index is 10.3. The lowest BCUT2D eigenvalue weighted by Crippen LogP contribution is -2.20. The lowest BCUT2D eigenvalue weighted by atomic mass is 10.1. The van der Waals surface area contributed by atoms with E-state index in [-0.39, 0.29) is 6.04 Å². The van der Waals surface area contributed by atoms with E-state index in [4.69, 9.17) is 16.6 Å². The molecule has 0 radical (unpaired) electrons. The molecule has 0 unspecified atom stereocenters. The Bertz CT molecular complexity index is 357. The smallest absolute Gasteiger partial charge is 0.328 e. The minimum absolute atomic E-state index is 0.164. The highest BCUT2D eigenvalue weighted by molar-refractivity contribution is 5.85. The van der Waals surface area contributed by atoms with Crippen LogP contribution in [-0.2, 0) is 4.79 Å². The third-order valence-electron chi connectivity index (χ3n) is 2.04. The van der Waals surface area contributed by atoms with Crippen LogP contribution in [0.5, 0.6) is 0 Å². The van der Waals surface area contributed by atoms with Gasteiger partial charge in [-0.25, -0.2) is 4.79 Å². The molecule has 0 aliphatic carbocycles. The molecule has 0 spiro atoms. The summed E-state index contributed by atoms with van der Waals surface area (Å²) in [6.07, 6.45) is 2.62. The van der Waals surface area contributed by atoms with Crippen molar-refractivity contribution in [2.45, 2.75) is 6.04 Å². The number of carboxylic acids is 1. The third-order valence-corrected chi connectivity index (χ3v) is 2.04. The number of aliphatic carboxylic acids is 1. The zero-order valence-electron chi connectivity index (χ0n) is 8.26. The lowest BCUT2D eigenvalue weighted by Gasteiger charge is -2.08. The topological polar surface area (TPSA) is 89.3 Å². The first-order chi connectivity index (χ1) is 7.13. The molecule has 4 heteroatoms. The molecular weight excluding hydrogens is 192 g/mol. The van der Waals surface area contributed by atoms with Crippen LogP contribution in [0, 0.1) is 0 Å². The summed E-state index contributed by atoms with van der Waals surface area (Å²) in [4.78, 5) is 10.3. The van der Waals surface area contributed by atoms with Crippen molar-refractivity contribution < 1.29 is 9.90 Å². The second-order valence-corrected chi connectivity index (χ2v) is 3.18. The van der Waals surface area contributed by atoms with Gasteiger partial charge in [-0.1, -0.05) is 24.3 Å². The number of nitrogens with two attached hydrogens (primary N) is 2. The highest BCUT2D eigenvalue weighted by Crippen LogP contribution is 2.11. The number of hydrogen-bond acceptors (Lipinski definition) is 3. The molecule has 0 saturated carbocycles. The van der Waals surface area contributed by atoms with E-state index in [1.54, 1.807) is 0 Å². The SMILES string of the molecule is NC[C@@H](N)c1ccc(/C=C/C(=O)O)cc1. The van der Waals surface area contributed by atoms with Gasteiger partial charge < -0.3 is 16.6 Å². The van der Waals surface area contributed by atoms with E-state index in [9.17, 15) is 4.79 Å². The molecule has 0 aromatic heterocycles. The zero-order valence-corrected chi connectivity index (χ0v) is 8.26. The van der Waals surface area contributed by atoms with Crippen molar-refractivity contribution in [1.29, 1.82) is 0 Å². The Hall–Kier alpha value is -1.65. The molecule has 0 fully saturated rings. The van der Waals surface area contributed by atoms with Gasteiger partial charge in [0.2, 0.25) is 0 Å². The summed E-state index contributed by atoms with van der Waals surface area (Å²) in [7, 11) is 0. The average molecular weight is 206 g/mol. The highest BCUT2D eigenvalue weighted by atomic mass is 16.4. The Morgan fingerprint density at radius 1 is 1.40 bits per heavy atom. The van der Waals surface area contributed by atoms with E-state index < -0.39 is 5.97 Å². The normalized spacial score (nSPS) is 12.9. The largest absolute Gasteiger partial charge is 0.478 e. The number of rotatable bonds is 4. The second kappa shape index (κ2) is 5.29. The molecule has 1 aromatic carbocycles. The van der Waals surface area contributed by atoms with Crippen LogP contribution in [0.4, 0.5) is 0 Å². The Labute approximate surface area is 88.2 Å². The van der Waals surface area contributed by atoms with Crippen molar-refractivity contribution in [1.82, 2.24) is 0 Å². The van der Waals surface area contributed by atoms with Gasteiger partial charge in [0.05, 0.1) is 0 Å². The van der Waals surface area contributed by atoms with Gasteiger partial charge in [0.15, 0.2) is 0 Å². The minimum atomic E-state index is -0.960. The van der Waals surface area contributed by atoms with Gasteiger partial charge >= 0.3 is 5.97 Å². The van der Waals surface area contributed by atoms with Crippen molar-refractivity contribution in [2.75, 3.05) is 6.54 Å². The van der Waals surface area contributed by atoms with Crippen LogP contribution in [0.1, 0.15) is 17.2 Å². The number of carboxylic acid groups (broad SMARTS) is 1. The van der Waals surface area contributed by atoms with Crippen LogP contribution < -0.4 is 11.5 Å². The van der Waals surface area contributed by atoms with Gasteiger partial charge in [0.1, 0.15) is 0 Å². The summed E-state index contributed by atoms with van der Waals surface area (Å²) >= 11 is 0. The van der Waals surface area contributed by atoms with Crippen molar-refractivity contribution in [2.24, 2.45) is 11.5 Å². The molecule has 15 heavy (non-hydrogen) atoms. The Balaban J connectivity index is 2.76. The fourth-order valence-electron chi connectivity index (χ4n) is 1.16. The van der Waals surface area contributed by atoms with Gasteiger partial charge in [-0.3, -0.25) is 0 Å². The van der Waals surface area contributed by atoms with E-state index >= 15 is 0 Å². The second-order valence-electron chi connectivity index (χ2n) is 3.18. The number of carbonyl (C=O) groups is 1. The van der Waals surface area contributed by atoms with Crippen LogP contribution in [-0.4, -0.2) is 17.6 Å². The molecule has 80 valence electrons. The first-order valence-electron chi connectivity index (χ1n) is 4.60. The molecule has 1 rings (SSSR count). The molecule has 0 amide bonds. The van der Waals surface area contributed by atoms with Gasteiger partial charge in [0, 0.05) is 18.7 Å². The van der Waals surface area contributed by atoms with E-state index in [0.717, 1.165) is 17.2 Å². The van der Waals surface area contributed by atoms with Crippen molar-refractivity contribution in [3.8, 4) is 0 Å². The fourth-order valence-corrected chi connectivity index (χ4v) is 1.16. The summed E-state index contributed by atoms with van der Waals surface area (Å²) in [6, 6.07) is 7.15. The number of hydrogen-bond donors (Lipinski definition) is 3. The lowest BCUT2D eigenvalue weighted by molar-refractivity contribution is -0.131. The molecule has 1 aromatic rings. The van der Waals surface area contributed by atoms with E-state index in [1.165, 1.54) is 6.08 Å². The predicted molar refractivity (Wildman–Crippen MR) is 59.1 cm³/mol. The van der Waals surface area contributed by atoms with Gasteiger partial charge in [0.25, 0.3) is 0 Å². The molecule has 1 atom stereocenters. The molecule has 5 N–H and O–H groups in total. The summed E-state index contributed by atoms with van der Waals surface area (Å²) < 4.78 is 0. The quantitative estimate of drug-likeness (QED) is 0.634. The maximum absolute atomic E-state index is 10.3. The maximum Gasteiger partial charge on any atom is 0.328 e. The van der Waals surface area contributed by atoms with Crippen LogP contribution in [0.3, 0.4) is 0 Å². The Morgan fingerprint density at radius 2 is 2.00 bits per heavy atom. The van der Waals surface area contributed by atoms with E-state index in [0.29, 0.717) is 6.54 Å². The predicted octanol–water partition coefficient (Wildman–Crippen LogP) is 0.743. The van der Waals surface area contributed by atoms with Crippen LogP contribution in [0.2, 0.25) is 0 Å². The monoisotopic (exact) mass is 206 g/mol. The Kier molecular flexibility index (Phi) is 4.03. The molecule has 4 nitrogen and oxygen atoms in total. The molecule has 0 aliphatic heterocycles. The molecular formula is C11H14N2O2.